The molecule has 4 aromatic carbocycles. The summed E-state index contributed by atoms with van der Waals surface area (Å²) in [5.74, 6) is 6.26. The third-order valence-electron chi connectivity index (χ3n) is 23.3. The zero-order valence-electron chi connectivity index (χ0n) is 78.7. The molecule has 688 valence electrons. The molecule has 0 fully saturated rings. The molecule has 24 nitrogen and oxygen atoms in total. The number of nitrogens with one attached hydrogen (secondary N) is 12. The van der Waals surface area contributed by atoms with Crippen molar-refractivity contribution in [1.29, 1.82) is 0 Å². The SMILES string of the molecule is CCCCCCCCNc1nc(NCCCCCCCC)nc(Nc2ccc(C(c3ccc(Nc4nc(NCCCCCCCC)nc(NCCCCCCCC)n4)cc3)(c3ccc(Nc4nc(NCCCCCCCC)nc(NCCCCCCCC)n4)cc3)c3ccc(Nc4nc(NCCCCCCCC)nc(NCCCCCCCC)n4)cc3)cc2)n1. The van der Waals surface area contributed by atoms with Crippen molar-refractivity contribution in [3.8, 4) is 0 Å². The van der Waals surface area contributed by atoms with Crippen molar-refractivity contribution in [3.63, 3.8) is 0 Å². The van der Waals surface area contributed by atoms with Crippen LogP contribution >= 0.6 is 0 Å². The predicted octanol–water partition coefficient (Wildman–Crippen LogP) is 28.0. The second-order valence-electron chi connectivity index (χ2n) is 34.3. The van der Waals surface area contributed by atoms with E-state index in [9.17, 15) is 0 Å². The van der Waals surface area contributed by atoms with Crippen LogP contribution in [0.5, 0.6) is 0 Å². The summed E-state index contributed by atoms with van der Waals surface area (Å²) in [6, 6.07) is 35.1. The monoisotopic (exact) mass is 1710 g/mol. The van der Waals surface area contributed by atoms with Gasteiger partial charge in [-0.25, -0.2) is 0 Å². The lowest BCUT2D eigenvalue weighted by Crippen LogP contribution is -2.31. The lowest BCUT2D eigenvalue weighted by Gasteiger charge is -2.37. The van der Waals surface area contributed by atoms with E-state index in [-0.39, 0.29) is 0 Å². The molecule has 125 heavy (non-hydrogen) atoms. The standard InChI is InChI=1S/C101H164N24/c1-9-17-25-33-41-49-73-102-89-114-90(103-74-50-42-34-26-18-10-2)119-97(118-89)110-85-65-57-81(58-66-85)101(82-59-67-86(68-60-82)111-98-120-91(104-75-51-43-35-27-19-11-3)115-92(121-98)105-76-52-44-36-28-20-12-4,83-61-69-87(70-62-83)112-99-122-93(106-77-53-45-37-29-21-13-5)116-94(123-99)107-78-54-46-38-30-22-14-6)84-63-71-88(72-64-84)113-100-124-95(108-79-55-47-39-31-23-15-7)117-96(125-100)109-80-56-48-40-32-24-16-8/h57-72H,9-56,73-80H2,1-8H3,(H3,102,103,110,114,118,119)(H3,104,105,111,115,120,121)(H3,106,107,112,116,122,123)(H3,108,109,113,117,124,125). The summed E-state index contributed by atoms with van der Waals surface area (Å²) in [6.07, 6.45) is 57.5. The Morgan fingerprint density at radius 1 is 0.152 bits per heavy atom. The van der Waals surface area contributed by atoms with Gasteiger partial charge >= 0.3 is 0 Å². The minimum absolute atomic E-state index is 0.461. The summed E-state index contributed by atoms with van der Waals surface area (Å²) in [5, 5.41) is 43.1. The Labute approximate surface area is 754 Å². The minimum atomic E-state index is -0.972. The molecule has 0 unspecified atom stereocenters. The summed E-state index contributed by atoms with van der Waals surface area (Å²) >= 11 is 0. The molecule has 0 aliphatic heterocycles. The molecule has 4 aromatic heterocycles. The maximum absolute atomic E-state index is 5.02. The van der Waals surface area contributed by atoms with Crippen molar-refractivity contribution in [2.45, 2.75) is 369 Å². The average molecular weight is 1710 g/mol. The first kappa shape index (κ1) is 101. The van der Waals surface area contributed by atoms with Crippen LogP contribution in [0.3, 0.4) is 0 Å². The van der Waals surface area contributed by atoms with Crippen LogP contribution in [0.15, 0.2) is 97.1 Å². The highest BCUT2D eigenvalue weighted by molar-refractivity contribution is 5.69. The average Bonchev–Trinajstić information content (AvgIpc) is 0.730. The Bertz CT molecular complexity index is 3390. The normalized spacial score (nSPS) is 11.4. The third-order valence-corrected chi connectivity index (χ3v) is 23.3. The fourth-order valence-electron chi connectivity index (χ4n) is 15.9. The fourth-order valence-corrected chi connectivity index (χ4v) is 15.9. The quantitative estimate of drug-likeness (QED) is 0.0125. The van der Waals surface area contributed by atoms with E-state index in [2.05, 4.69) is 216 Å². The van der Waals surface area contributed by atoms with Crippen molar-refractivity contribution in [1.82, 2.24) is 59.8 Å². The number of aromatic nitrogens is 12. The predicted molar refractivity (Wildman–Crippen MR) is 532 cm³/mol. The van der Waals surface area contributed by atoms with Crippen LogP contribution < -0.4 is 63.8 Å². The maximum Gasteiger partial charge on any atom is 0.233 e. The van der Waals surface area contributed by atoms with E-state index < -0.39 is 5.41 Å². The summed E-state index contributed by atoms with van der Waals surface area (Å²) < 4.78 is 0. The first-order valence-electron chi connectivity index (χ1n) is 50.1. The molecule has 24 heteroatoms. The Morgan fingerprint density at radius 3 is 0.408 bits per heavy atom. The molecule has 8 aromatic rings. The molecular formula is C101H164N24. The number of unbranched alkanes of at least 4 members (excludes halogenated alkanes) is 40. The lowest BCUT2D eigenvalue weighted by molar-refractivity contribution is 0.615. The van der Waals surface area contributed by atoms with Crippen molar-refractivity contribution in [3.05, 3.63) is 119 Å². The number of rotatable bonds is 76. The molecule has 0 spiro atoms. The number of benzene rings is 4. The van der Waals surface area contributed by atoms with Gasteiger partial charge in [-0.05, 0) is 122 Å². The molecule has 0 bridgehead atoms. The Morgan fingerprint density at radius 2 is 0.272 bits per heavy atom. The first-order chi connectivity index (χ1) is 61.7. The van der Waals surface area contributed by atoms with E-state index in [0.717, 1.165) is 200 Å². The van der Waals surface area contributed by atoms with Crippen LogP contribution in [-0.2, 0) is 5.41 Å². The van der Waals surface area contributed by atoms with Crippen molar-refractivity contribution >= 4 is 94.1 Å². The summed E-state index contributed by atoms with van der Waals surface area (Å²) in [5.41, 5.74) is 6.40. The first-order valence-corrected chi connectivity index (χ1v) is 50.1. The van der Waals surface area contributed by atoms with E-state index in [1.807, 2.05) is 0 Å². The molecule has 12 N–H and O–H groups in total. The van der Waals surface area contributed by atoms with Crippen molar-refractivity contribution in [2.24, 2.45) is 0 Å². The number of nitrogens with zero attached hydrogens (tertiary/aromatic N) is 12. The Balaban J connectivity index is 1.23. The summed E-state index contributed by atoms with van der Waals surface area (Å²) in [6.45, 7) is 24.4. The van der Waals surface area contributed by atoms with E-state index in [1.54, 1.807) is 0 Å². The van der Waals surface area contributed by atoms with E-state index in [1.165, 1.54) is 205 Å². The topological polar surface area (TPSA) is 299 Å². The van der Waals surface area contributed by atoms with E-state index in [4.69, 9.17) is 59.8 Å². The van der Waals surface area contributed by atoms with Crippen molar-refractivity contribution in [2.75, 3.05) is 116 Å². The van der Waals surface area contributed by atoms with Crippen molar-refractivity contribution < 1.29 is 0 Å². The minimum Gasteiger partial charge on any atom is -0.354 e. The molecule has 0 aliphatic carbocycles. The van der Waals surface area contributed by atoms with Gasteiger partial charge in [0.15, 0.2) is 0 Å². The van der Waals surface area contributed by atoms with Crippen LogP contribution in [0.25, 0.3) is 0 Å². The van der Waals surface area contributed by atoms with Gasteiger partial charge in [-0.3, -0.25) is 0 Å². The Kier molecular flexibility index (Phi) is 51.2. The third kappa shape index (κ3) is 39.9. The second kappa shape index (κ2) is 63.4. The van der Waals surface area contributed by atoms with E-state index in [0.29, 0.717) is 71.4 Å². The lowest BCUT2D eigenvalue weighted by atomic mass is 9.65. The second-order valence-corrected chi connectivity index (χ2v) is 34.3. The van der Waals surface area contributed by atoms with Gasteiger partial charge in [0.05, 0.1) is 5.41 Å². The van der Waals surface area contributed by atoms with Gasteiger partial charge in [-0.1, -0.05) is 361 Å². The van der Waals surface area contributed by atoms with Gasteiger partial charge in [-0.15, -0.1) is 0 Å². The zero-order valence-corrected chi connectivity index (χ0v) is 78.7. The van der Waals surface area contributed by atoms with Crippen LogP contribution in [-0.4, -0.2) is 112 Å². The van der Waals surface area contributed by atoms with Gasteiger partial charge < -0.3 is 63.8 Å². The molecule has 0 amide bonds. The highest BCUT2D eigenvalue weighted by Crippen LogP contribution is 2.47. The summed E-state index contributed by atoms with van der Waals surface area (Å²) in [7, 11) is 0. The highest BCUT2D eigenvalue weighted by Gasteiger charge is 2.39. The van der Waals surface area contributed by atoms with Crippen LogP contribution in [0, 0.1) is 0 Å². The zero-order chi connectivity index (χ0) is 87.9. The molecule has 0 atom stereocenters. The summed E-state index contributed by atoms with van der Waals surface area (Å²) in [4.78, 5) is 59.8. The maximum atomic E-state index is 5.02. The van der Waals surface area contributed by atoms with Gasteiger partial charge in [0.25, 0.3) is 0 Å². The number of anilines is 16. The fraction of sp³-hybridized carbons (Fsp3) is 0.644. The Hall–Kier alpha value is -9.48. The van der Waals surface area contributed by atoms with Crippen LogP contribution in [0.4, 0.5) is 94.1 Å². The van der Waals surface area contributed by atoms with Crippen LogP contribution in [0.2, 0.25) is 0 Å². The van der Waals surface area contributed by atoms with Crippen LogP contribution in [0.1, 0.15) is 386 Å². The molecular weight excluding hydrogens is 1550 g/mol. The molecule has 0 radical (unpaired) electrons. The highest BCUT2D eigenvalue weighted by atomic mass is 15.3. The molecule has 0 saturated carbocycles. The molecule has 0 saturated heterocycles. The molecule has 0 aliphatic rings. The van der Waals surface area contributed by atoms with E-state index >= 15 is 0 Å². The smallest absolute Gasteiger partial charge is 0.233 e. The van der Waals surface area contributed by atoms with Gasteiger partial charge in [-0.2, -0.15) is 59.8 Å². The van der Waals surface area contributed by atoms with Gasteiger partial charge in [0.2, 0.25) is 71.4 Å². The van der Waals surface area contributed by atoms with Gasteiger partial charge in [0.1, 0.15) is 0 Å². The number of hydrogen-bond donors (Lipinski definition) is 12. The largest absolute Gasteiger partial charge is 0.354 e. The van der Waals surface area contributed by atoms with Gasteiger partial charge in [0, 0.05) is 75.1 Å². The molecule has 8 rings (SSSR count). The molecule has 4 heterocycles. The number of hydrogen-bond acceptors (Lipinski definition) is 24.